The van der Waals surface area contributed by atoms with Crippen LogP contribution in [0.3, 0.4) is 0 Å². The fraction of sp³-hybridized carbons (Fsp3) is 0.0556. The molecule has 0 amide bonds. The van der Waals surface area contributed by atoms with Crippen molar-refractivity contribution in [2.24, 2.45) is 10.2 Å². The molecule has 3 aromatic carbocycles. The van der Waals surface area contributed by atoms with Gasteiger partial charge in [0.15, 0.2) is 0 Å². The summed E-state index contributed by atoms with van der Waals surface area (Å²) < 4.78 is 32.5. The molecular weight excluding hydrogens is 372 g/mol. The van der Waals surface area contributed by atoms with Crippen molar-refractivity contribution in [3.8, 4) is 5.75 Å². The lowest BCUT2D eigenvalue weighted by Crippen LogP contribution is -1.98. The van der Waals surface area contributed by atoms with Gasteiger partial charge in [-0.15, -0.1) is 10.2 Å². The zero-order chi connectivity index (χ0) is 19.8. The number of aryl methyl sites for hydroxylation is 1. The zero-order valence-electron chi connectivity index (χ0n) is 14.0. The van der Waals surface area contributed by atoms with Crippen molar-refractivity contribution in [1.29, 1.82) is 0 Å². The van der Waals surface area contributed by atoms with E-state index in [0.717, 1.165) is 0 Å². The third-order valence-electron chi connectivity index (χ3n) is 3.87. The largest absolute Gasteiger partial charge is 0.506 e. The van der Waals surface area contributed by atoms with E-state index in [4.69, 9.17) is 5.11 Å². The van der Waals surface area contributed by atoms with Crippen LogP contribution in [0.5, 0.6) is 5.75 Å². The minimum atomic E-state index is -4.51. The van der Waals surface area contributed by atoms with E-state index in [1.807, 2.05) is 0 Å². The van der Waals surface area contributed by atoms with E-state index in [1.54, 1.807) is 13.0 Å². The number of benzene rings is 3. The predicted octanol–water partition coefficient (Wildman–Crippen LogP) is 4.21. The second kappa shape index (κ2) is 6.78. The van der Waals surface area contributed by atoms with Gasteiger partial charge in [0.1, 0.15) is 22.0 Å². The Bertz CT molecular complexity index is 1200. The maximum atomic E-state index is 11.5. The van der Waals surface area contributed by atoms with Crippen molar-refractivity contribution in [3.63, 3.8) is 0 Å². The molecule has 0 spiro atoms. The van der Waals surface area contributed by atoms with Crippen LogP contribution >= 0.6 is 0 Å². The number of carbonyl (C=O) groups is 1. The van der Waals surface area contributed by atoms with Crippen molar-refractivity contribution in [2.45, 2.75) is 11.8 Å². The van der Waals surface area contributed by atoms with E-state index < -0.39 is 21.0 Å². The van der Waals surface area contributed by atoms with Gasteiger partial charge in [-0.25, -0.2) is 4.79 Å². The summed E-state index contributed by atoms with van der Waals surface area (Å²) in [6, 6.07) is 11.4. The molecule has 0 heterocycles. The summed E-state index contributed by atoms with van der Waals surface area (Å²) in [5.74, 6) is -1.31. The van der Waals surface area contributed by atoms with Gasteiger partial charge in [0, 0.05) is 5.39 Å². The van der Waals surface area contributed by atoms with Crippen molar-refractivity contribution >= 4 is 38.2 Å². The highest BCUT2D eigenvalue weighted by molar-refractivity contribution is 7.86. The average Bonchev–Trinajstić information content (AvgIpc) is 2.60. The van der Waals surface area contributed by atoms with E-state index in [1.165, 1.54) is 42.5 Å². The summed E-state index contributed by atoms with van der Waals surface area (Å²) >= 11 is 0. The first kappa shape index (κ1) is 18.5. The molecule has 3 aromatic rings. The predicted molar refractivity (Wildman–Crippen MR) is 97.7 cm³/mol. The number of hydrogen-bond acceptors (Lipinski definition) is 6. The molecule has 3 rings (SSSR count). The van der Waals surface area contributed by atoms with E-state index in [0.29, 0.717) is 16.3 Å². The van der Waals surface area contributed by atoms with Gasteiger partial charge in [-0.05, 0) is 48.2 Å². The Balaban J connectivity index is 2.15. The molecule has 8 nitrogen and oxygen atoms in total. The minimum Gasteiger partial charge on any atom is -0.506 e. The van der Waals surface area contributed by atoms with Crippen molar-refractivity contribution in [1.82, 2.24) is 0 Å². The van der Waals surface area contributed by atoms with Crippen LogP contribution in [-0.4, -0.2) is 29.2 Å². The van der Waals surface area contributed by atoms with Gasteiger partial charge in [-0.3, -0.25) is 4.55 Å². The summed E-state index contributed by atoms with van der Waals surface area (Å²) in [7, 11) is -4.51. The standard InChI is InChI=1S/C18H14N2O6S/c1-10-2-6-14(16(8-10)27(24,25)26)19-20-17-13-5-3-12(18(22)23)9-11(13)4-7-15(17)21/h2-9,21H,1H3,(H,22,23)(H,24,25,26). The van der Waals surface area contributed by atoms with Gasteiger partial charge in [0.25, 0.3) is 10.1 Å². The lowest BCUT2D eigenvalue weighted by molar-refractivity contribution is 0.0697. The number of nitrogens with zero attached hydrogens (tertiary/aromatic N) is 2. The van der Waals surface area contributed by atoms with Crippen LogP contribution in [0.4, 0.5) is 11.4 Å². The maximum Gasteiger partial charge on any atom is 0.335 e. The molecule has 3 N–H and O–H groups in total. The van der Waals surface area contributed by atoms with Crippen molar-refractivity contribution < 1.29 is 28.0 Å². The molecule has 0 aliphatic heterocycles. The molecule has 0 radical (unpaired) electrons. The second-order valence-electron chi connectivity index (χ2n) is 5.82. The molecule has 0 aromatic heterocycles. The Hall–Kier alpha value is -3.30. The lowest BCUT2D eigenvalue weighted by Gasteiger charge is -2.06. The molecule has 27 heavy (non-hydrogen) atoms. The first-order chi connectivity index (χ1) is 12.7. The van der Waals surface area contributed by atoms with Crippen LogP contribution in [-0.2, 0) is 10.1 Å². The van der Waals surface area contributed by atoms with Gasteiger partial charge in [-0.2, -0.15) is 8.42 Å². The van der Waals surface area contributed by atoms with E-state index in [2.05, 4.69) is 10.2 Å². The topological polar surface area (TPSA) is 137 Å². The molecule has 0 saturated carbocycles. The van der Waals surface area contributed by atoms with Crippen LogP contribution in [0.1, 0.15) is 15.9 Å². The number of hydrogen-bond donors (Lipinski definition) is 3. The second-order valence-corrected chi connectivity index (χ2v) is 7.21. The number of carboxylic acids is 1. The van der Waals surface area contributed by atoms with Crippen LogP contribution in [0, 0.1) is 6.92 Å². The quantitative estimate of drug-likeness (QED) is 0.454. The first-order valence-corrected chi connectivity index (χ1v) is 9.10. The molecule has 0 atom stereocenters. The number of aromatic hydroxyl groups is 1. The fourth-order valence-electron chi connectivity index (χ4n) is 2.55. The zero-order valence-corrected chi connectivity index (χ0v) is 14.8. The number of azo groups is 1. The normalized spacial score (nSPS) is 11.9. The van der Waals surface area contributed by atoms with Crippen molar-refractivity contribution in [3.05, 3.63) is 59.7 Å². The van der Waals surface area contributed by atoms with Gasteiger partial charge in [0.2, 0.25) is 0 Å². The molecule has 138 valence electrons. The third-order valence-corrected chi connectivity index (χ3v) is 4.75. The van der Waals surface area contributed by atoms with Crippen LogP contribution in [0.15, 0.2) is 63.7 Å². The van der Waals surface area contributed by atoms with E-state index in [-0.39, 0.29) is 22.7 Å². The Kier molecular flexibility index (Phi) is 4.64. The highest BCUT2D eigenvalue weighted by Gasteiger charge is 2.16. The smallest absolute Gasteiger partial charge is 0.335 e. The molecule has 0 bridgehead atoms. The average molecular weight is 386 g/mol. The van der Waals surface area contributed by atoms with Crippen LogP contribution in [0.25, 0.3) is 10.8 Å². The molecule has 0 aliphatic rings. The Morgan fingerprint density at radius 2 is 1.74 bits per heavy atom. The molecule has 9 heteroatoms. The molecule has 0 saturated heterocycles. The van der Waals surface area contributed by atoms with Gasteiger partial charge in [-0.1, -0.05) is 18.2 Å². The summed E-state index contributed by atoms with van der Waals surface area (Å²) in [4.78, 5) is 10.7. The number of fused-ring (bicyclic) bond motifs is 1. The monoisotopic (exact) mass is 386 g/mol. The minimum absolute atomic E-state index is 0.0475. The number of aromatic carboxylic acids is 1. The van der Waals surface area contributed by atoms with Crippen LogP contribution < -0.4 is 0 Å². The molecule has 0 fully saturated rings. The van der Waals surface area contributed by atoms with Gasteiger partial charge in [0.05, 0.1) is 5.56 Å². The van der Waals surface area contributed by atoms with Crippen molar-refractivity contribution in [2.75, 3.05) is 0 Å². The van der Waals surface area contributed by atoms with Gasteiger partial charge >= 0.3 is 5.97 Å². The molecule has 0 unspecified atom stereocenters. The Morgan fingerprint density at radius 3 is 2.41 bits per heavy atom. The fourth-order valence-corrected chi connectivity index (χ4v) is 3.26. The number of carboxylic acid groups (broad SMARTS) is 1. The Morgan fingerprint density at radius 1 is 1.00 bits per heavy atom. The summed E-state index contributed by atoms with van der Waals surface area (Å²) in [6.07, 6.45) is 0. The first-order valence-electron chi connectivity index (χ1n) is 7.66. The van der Waals surface area contributed by atoms with E-state index in [9.17, 15) is 22.9 Å². The highest BCUT2D eigenvalue weighted by Crippen LogP contribution is 2.37. The summed E-state index contributed by atoms with van der Waals surface area (Å²) in [6.45, 7) is 1.66. The number of phenolic OH excluding ortho intramolecular Hbond substituents is 1. The third kappa shape index (κ3) is 3.78. The molecular formula is C18H14N2O6S. The maximum absolute atomic E-state index is 11.5. The summed E-state index contributed by atoms with van der Waals surface area (Å²) in [5, 5.41) is 27.9. The number of phenols is 1. The van der Waals surface area contributed by atoms with Gasteiger partial charge < -0.3 is 10.2 Å². The highest BCUT2D eigenvalue weighted by atomic mass is 32.2. The Labute approximate surface area is 154 Å². The van der Waals surface area contributed by atoms with E-state index >= 15 is 0 Å². The summed E-state index contributed by atoms with van der Waals surface area (Å²) in [5.41, 5.74) is 0.631. The molecule has 0 aliphatic carbocycles. The van der Waals surface area contributed by atoms with Crippen LogP contribution in [0.2, 0.25) is 0 Å². The SMILES string of the molecule is Cc1ccc(N=Nc2c(O)ccc3cc(C(=O)O)ccc23)c(S(=O)(=O)O)c1. The lowest BCUT2D eigenvalue weighted by atomic mass is 10.1. The number of rotatable bonds is 4.